The molecule has 8 heteroatoms. The quantitative estimate of drug-likeness (QED) is 0.474. The third-order valence-corrected chi connectivity index (χ3v) is 5.28. The Balaban J connectivity index is 1.78. The number of unbranched alkanes of at least 4 members (excludes halogenated alkanes) is 1. The molecule has 4 amide bonds. The zero-order chi connectivity index (χ0) is 22.4. The summed E-state index contributed by atoms with van der Waals surface area (Å²) in [5, 5.41) is 3.46. The fraction of sp³-hybridized carbons (Fsp3) is 0.348. The molecule has 0 unspecified atom stereocenters. The molecule has 0 bridgehead atoms. The van der Waals surface area contributed by atoms with Crippen molar-refractivity contribution in [1.82, 2.24) is 15.8 Å². The molecule has 2 aromatic carbocycles. The molecule has 1 heterocycles. The van der Waals surface area contributed by atoms with Crippen molar-refractivity contribution in [3.8, 4) is 11.5 Å². The van der Waals surface area contributed by atoms with Crippen molar-refractivity contribution in [3.05, 3.63) is 59.7 Å². The van der Waals surface area contributed by atoms with E-state index in [4.69, 9.17) is 9.47 Å². The van der Waals surface area contributed by atoms with Crippen LogP contribution in [0.25, 0.3) is 0 Å². The Bertz CT molecular complexity index is 963. The minimum Gasteiger partial charge on any atom is -0.493 e. The van der Waals surface area contributed by atoms with Gasteiger partial charge in [-0.2, -0.15) is 5.01 Å². The molecule has 31 heavy (non-hydrogen) atoms. The van der Waals surface area contributed by atoms with E-state index in [1.54, 1.807) is 43.3 Å². The molecule has 1 saturated heterocycles. The summed E-state index contributed by atoms with van der Waals surface area (Å²) < 4.78 is 11.0. The van der Waals surface area contributed by atoms with Gasteiger partial charge in [-0.15, -0.1) is 0 Å². The highest BCUT2D eigenvalue weighted by molar-refractivity contribution is 6.09. The van der Waals surface area contributed by atoms with Crippen LogP contribution in [0.3, 0.4) is 0 Å². The van der Waals surface area contributed by atoms with Crippen LogP contribution >= 0.6 is 0 Å². The van der Waals surface area contributed by atoms with Crippen LogP contribution in [0.4, 0.5) is 4.79 Å². The third-order valence-electron chi connectivity index (χ3n) is 5.28. The lowest BCUT2D eigenvalue weighted by Gasteiger charge is -2.25. The van der Waals surface area contributed by atoms with E-state index < -0.39 is 23.4 Å². The first kappa shape index (κ1) is 22.1. The summed E-state index contributed by atoms with van der Waals surface area (Å²) in [6, 6.07) is 13.0. The molecule has 2 N–H and O–H groups in total. The van der Waals surface area contributed by atoms with Crippen LogP contribution in [0.15, 0.2) is 48.5 Å². The lowest BCUT2D eigenvalue weighted by molar-refractivity contribution is -0.133. The van der Waals surface area contributed by atoms with Crippen molar-refractivity contribution in [3.63, 3.8) is 0 Å². The highest BCUT2D eigenvalue weighted by Crippen LogP contribution is 2.32. The van der Waals surface area contributed by atoms with E-state index in [-0.39, 0.29) is 5.56 Å². The number of carbonyl (C=O) groups excluding carboxylic acids is 3. The summed E-state index contributed by atoms with van der Waals surface area (Å²) in [7, 11) is 1.48. The molecule has 0 spiro atoms. The van der Waals surface area contributed by atoms with Gasteiger partial charge in [0.05, 0.1) is 13.7 Å². The molecular weight excluding hydrogens is 398 g/mol. The predicted molar refractivity (Wildman–Crippen MR) is 115 cm³/mol. The van der Waals surface area contributed by atoms with Crippen molar-refractivity contribution in [2.75, 3.05) is 13.7 Å². The van der Waals surface area contributed by atoms with Crippen LogP contribution in [0, 0.1) is 0 Å². The average molecular weight is 425 g/mol. The first-order chi connectivity index (χ1) is 15.0. The van der Waals surface area contributed by atoms with Crippen molar-refractivity contribution in [2.24, 2.45) is 0 Å². The maximum Gasteiger partial charge on any atom is 0.344 e. The second-order valence-corrected chi connectivity index (χ2v) is 7.20. The lowest BCUT2D eigenvalue weighted by Crippen LogP contribution is -2.48. The predicted octanol–water partition coefficient (Wildman–Crippen LogP) is 3.38. The average Bonchev–Trinajstić information content (AvgIpc) is 3.05. The highest BCUT2D eigenvalue weighted by Gasteiger charge is 2.52. The van der Waals surface area contributed by atoms with Gasteiger partial charge >= 0.3 is 6.03 Å². The number of rotatable bonds is 9. The molecule has 0 radical (unpaired) electrons. The Morgan fingerprint density at radius 1 is 1.10 bits per heavy atom. The molecule has 8 nitrogen and oxygen atoms in total. The van der Waals surface area contributed by atoms with Gasteiger partial charge < -0.3 is 14.8 Å². The molecule has 164 valence electrons. The number of hydrogen-bond donors (Lipinski definition) is 2. The second kappa shape index (κ2) is 9.51. The summed E-state index contributed by atoms with van der Waals surface area (Å²) >= 11 is 0. The van der Waals surface area contributed by atoms with Gasteiger partial charge in [-0.05, 0) is 36.6 Å². The van der Waals surface area contributed by atoms with Gasteiger partial charge in [-0.3, -0.25) is 15.0 Å². The summed E-state index contributed by atoms with van der Waals surface area (Å²) in [6.45, 7) is 4.41. The van der Waals surface area contributed by atoms with Crippen LogP contribution < -0.4 is 20.2 Å². The number of imide groups is 1. The number of urea groups is 1. The molecule has 1 fully saturated rings. The number of benzene rings is 2. The number of amides is 4. The minimum absolute atomic E-state index is 0.231. The van der Waals surface area contributed by atoms with E-state index in [0.717, 1.165) is 17.9 Å². The molecule has 0 aliphatic carbocycles. The number of methoxy groups -OCH3 is 1. The molecule has 2 aromatic rings. The Morgan fingerprint density at radius 3 is 2.48 bits per heavy atom. The van der Waals surface area contributed by atoms with Gasteiger partial charge in [0.25, 0.3) is 11.8 Å². The zero-order valence-corrected chi connectivity index (χ0v) is 17.9. The maximum absolute atomic E-state index is 13.1. The summed E-state index contributed by atoms with van der Waals surface area (Å²) in [4.78, 5) is 38.5. The number of hydrogen-bond acceptors (Lipinski definition) is 5. The van der Waals surface area contributed by atoms with Gasteiger partial charge in [0.15, 0.2) is 11.5 Å². The van der Waals surface area contributed by atoms with Gasteiger partial charge in [0, 0.05) is 5.56 Å². The van der Waals surface area contributed by atoms with E-state index in [1.165, 1.54) is 13.2 Å². The van der Waals surface area contributed by atoms with Crippen molar-refractivity contribution < 1.29 is 23.9 Å². The van der Waals surface area contributed by atoms with E-state index in [0.29, 0.717) is 30.1 Å². The normalized spacial score (nSPS) is 18.0. The third kappa shape index (κ3) is 4.33. The van der Waals surface area contributed by atoms with E-state index in [1.807, 2.05) is 6.07 Å². The summed E-state index contributed by atoms with van der Waals surface area (Å²) in [6.07, 6.45) is 2.24. The lowest BCUT2D eigenvalue weighted by atomic mass is 9.87. The molecule has 3 rings (SSSR count). The summed E-state index contributed by atoms with van der Waals surface area (Å²) in [5.74, 6) is -0.224. The molecule has 1 atom stereocenters. The second-order valence-electron chi connectivity index (χ2n) is 7.20. The van der Waals surface area contributed by atoms with Crippen LogP contribution in [0.5, 0.6) is 11.5 Å². The molecule has 0 saturated carbocycles. The number of carbonyl (C=O) groups is 3. The first-order valence-electron chi connectivity index (χ1n) is 10.3. The number of nitrogens with zero attached hydrogens (tertiary/aromatic N) is 1. The molecule has 0 aromatic heterocycles. The fourth-order valence-corrected chi connectivity index (χ4v) is 3.46. The largest absolute Gasteiger partial charge is 0.493 e. The SMILES string of the molecule is CCCCOc1ccc(C(=O)NN2C(=O)N[C@@](CC)(c3ccccc3)C2=O)cc1OC. The Hall–Kier alpha value is -3.55. The van der Waals surface area contributed by atoms with E-state index >= 15 is 0 Å². The fourth-order valence-electron chi connectivity index (χ4n) is 3.46. The van der Waals surface area contributed by atoms with Crippen LogP contribution in [0.1, 0.15) is 49.0 Å². The number of ether oxygens (including phenoxy) is 2. The Labute approximate surface area is 181 Å². The van der Waals surface area contributed by atoms with Gasteiger partial charge in [-0.25, -0.2) is 4.79 Å². The summed E-state index contributed by atoms with van der Waals surface area (Å²) in [5.41, 5.74) is 2.08. The van der Waals surface area contributed by atoms with E-state index in [9.17, 15) is 14.4 Å². The van der Waals surface area contributed by atoms with Crippen molar-refractivity contribution >= 4 is 17.8 Å². The van der Waals surface area contributed by atoms with Crippen LogP contribution in [-0.4, -0.2) is 36.6 Å². The smallest absolute Gasteiger partial charge is 0.344 e. The van der Waals surface area contributed by atoms with Crippen molar-refractivity contribution in [1.29, 1.82) is 0 Å². The van der Waals surface area contributed by atoms with Gasteiger partial charge in [0.1, 0.15) is 5.54 Å². The Kier molecular flexibility index (Phi) is 6.79. The minimum atomic E-state index is -1.22. The molecular formula is C23H27N3O5. The van der Waals surface area contributed by atoms with Crippen LogP contribution in [-0.2, 0) is 10.3 Å². The van der Waals surface area contributed by atoms with Gasteiger partial charge in [0.2, 0.25) is 0 Å². The number of hydrazine groups is 1. The first-order valence-corrected chi connectivity index (χ1v) is 10.3. The zero-order valence-electron chi connectivity index (χ0n) is 17.9. The molecule has 1 aliphatic heterocycles. The van der Waals surface area contributed by atoms with E-state index in [2.05, 4.69) is 17.7 Å². The maximum atomic E-state index is 13.1. The Morgan fingerprint density at radius 2 is 1.84 bits per heavy atom. The number of nitrogens with one attached hydrogen (secondary N) is 2. The van der Waals surface area contributed by atoms with Crippen molar-refractivity contribution in [2.45, 2.75) is 38.6 Å². The topological polar surface area (TPSA) is 97.0 Å². The highest BCUT2D eigenvalue weighted by atomic mass is 16.5. The molecule has 1 aliphatic rings. The standard InChI is InChI=1S/C23H27N3O5/c1-4-6-14-31-18-13-12-16(15-19(18)30-3)20(27)25-26-21(28)23(5-2,24-22(26)29)17-10-8-7-9-11-17/h7-13,15H,4-6,14H2,1-3H3,(H,24,29)(H,25,27)/t23-/m0/s1. The van der Waals surface area contributed by atoms with Crippen LogP contribution in [0.2, 0.25) is 0 Å². The van der Waals surface area contributed by atoms with Gasteiger partial charge in [-0.1, -0.05) is 50.6 Å². The monoisotopic (exact) mass is 425 g/mol.